The van der Waals surface area contributed by atoms with Gasteiger partial charge in [0.2, 0.25) is 0 Å². The van der Waals surface area contributed by atoms with Crippen LogP contribution in [0.4, 0.5) is 0 Å². The molecule has 2 N–H and O–H groups in total. The van der Waals surface area contributed by atoms with Crippen LogP contribution in [0.3, 0.4) is 0 Å². The molecule has 12 heavy (non-hydrogen) atoms. The summed E-state index contributed by atoms with van der Waals surface area (Å²) in [5, 5.41) is 21.9. The maximum atomic E-state index is 10.0. The molecule has 0 aromatic heterocycles. The van der Waals surface area contributed by atoms with E-state index in [2.05, 4.69) is 5.16 Å². The summed E-state index contributed by atoms with van der Waals surface area (Å²) in [6.07, 6.45) is 5.56. The van der Waals surface area contributed by atoms with E-state index in [1.165, 1.54) is 6.42 Å². The van der Waals surface area contributed by atoms with Gasteiger partial charge in [-0.2, -0.15) is 0 Å². The molecule has 0 aromatic carbocycles. The Bertz CT molecular complexity index is 215. The molecule has 2 atom stereocenters. The Kier molecular flexibility index (Phi) is 1.83. The first kappa shape index (κ1) is 8.05. The van der Waals surface area contributed by atoms with Gasteiger partial charge in [-0.1, -0.05) is 11.6 Å². The molecule has 2 rings (SSSR count). The Morgan fingerprint density at radius 3 is 3.00 bits per heavy atom. The molecule has 68 valence electrons. The first-order chi connectivity index (χ1) is 5.72. The highest BCUT2D eigenvalue weighted by atomic mass is 16.4. The van der Waals surface area contributed by atoms with E-state index in [1.54, 1.807) is 0 Å². The van der Waals surface area contributed by atoms with Crippen LogP contribution in [0.25, 0.3) is 0 Å². The van der Waals surface area contributed by atoms with E-state index in [0.29, 0.717) is 12.3 Å². The maximum absolute atomic E-state index is 10.0. The van der Waals surface area contributed by atoms with Gasteiger partial charge in [-0.15, -0.1) is 0 Å². The summed E-state index contributed by atoms with van der Waals surface area (Å²) in [6.45, 7) is 0. The van der Waals surface area contributed by atoms with Crippen molar-refractivity contribution in [3.63, 3.8) is 0 Å². The largest absolute Gasteiger partial charge is 0.411 e. The fourth-order valence-electron chi connectivity index (χ4n) is 2.66. The second-order valence-corrected chi connectivity index (χ2v) is 4.23. The van der Waals surface area contributed by atoms with Crippen molar-refractivity contribution < 1.29 is 10.3 Å². The molecule has 0 heterocycles. The Hall–Kier alpha value is -0.570. The zero-order chi connectivity index (χ0) is 8.60. The minimum Gasteiger partial charge on any atom is -0.411 e. The number of hydrogen-bond acceptors (Lipinski definition) is 3. The smallest absolute Gasteiger partial charge is 0.0703 e. The molecule has 3 heteroatoms. The summed E-state index contributed by atoms with van der Waals surface area (Å²) in [5.74, 6) is 0.559. The number of nitrogens with zero attached hydrogens (tertiary/aromatic N) is 1. The van der Waals surface area contributed by atoms with Gasteiger partial charge in [0.25, 0.3) is 0 Å². The fourth-order valence-corrected chi connectivity index (χ4v) is 2.66. The third-order valence-corrected chi connectivity index (χ3v) is 3.12. The van der Waals surface area contributed by atoms with Gasteiger partial charge in [0.15, 0.2) is 0 Å². The Morgan fingerprint density at radius 1 is 1.50 bits per heavy atom. The molecule has 0 aliphatic heterocycles. The first-order valence-electron chi connectivity index (χ1n) is 4.64. The lowest BCUT2D eigenvalue weighted by Gasteiger charge is -2.41. The van der Waals surface area contributed by atoms with Crippen molar-refractivity contribution in [1.82, 2.24) is 0 Å². The zero-order valence-electron chi connectivity index (χ0n) is 7.16. The standard InChI is InChI=1S/C9H15NO2/c11-9-3-1-2-7(5-9)4-8(6-9)10-12/h7,11-12H,1-6H2/b10-8-. The average molecular weight is 169 g/mol. The van der Waals surface area contributed by atoms with Crippen molar-refractivity contribution in [3.8, 4) is 0 Å². The number of rotatable bonds is 0. The van der Waals surface area contributed by atoms with E-state index in [1.807, 2.05) is 0 Å². The molecule has 2 aliphatic carbocycles. The molecule has 2 aliphatic rings. The number of aliphatic hydroxyl groups is 1. The molecule has 0 radical (unpaired) electrons. The monoisotopic (exact) mass is 169 g/mol. The third kappa shape index (κ3) is 1.33. The second kappa shape index (κ2) is 2.73. The minimum absolute atomic E-state index is 0.539. The third-order valence-electron chi connectivity index (χ3n) is 3.12. The van der Waals surface area contributed by atoms with Crippen molar-refractivity contribution >= 4 is 5.71 Å². The molecule has 0 amide bonds. The summed E-state index contributed by atoms with van der Waals surface area (Å²) in [7, 11) is 0. The van der Waals surface area contributed by atoms with Crippen LogP contribution in [-0.2, 0) is 0 Å². The highest BCUT2D eigenvalue weighted by molar-refractivity contribution is 5.86. The van der Waals surface area contributed by atoms with Gasteiger partial charge in [0.1, 0.15) is 0 Å². The SMILES string of the molecule is O/N=C1/CC2CCCC(O)(C1)C2. The topological polar surface area (TPSA) is 52.8 Å². The van der Waals surface area contributed by atoms with Gasteiger partial charge < -0.3 is 10.3 Å². The van der Waals surface area contributed by atoms with E-state index >= 15 is 0 Å². The van der Waals surface area contributed by atoms with Gasteiger partial charge in [0.05, 0.1) is 11.3 Å². The van der Waals surface area contributed by atoms with E-state index in [-0.39, 0.29) is 0 Å². The van der Waals surface area contributed by atoms with Crippen LogP contribution in [0.15, 0.2) is 5.16 Å². The number of fused-ring (bicyclic) bond motifs is 2. The van der Waals surface area contributed by atoms with E-state index in [9.17, 15) is 5.11 Å². The fraction of sp³-hybridized carbons (Fsp3) is 0.889. The highest BCUT2D eigenvalue weighted by Gasteiger charge is 2.40. The molecule has 2 saturated carbocycles. The quantitative estimate of drug-likeness (QED) is 0.427. The molecule has 0 aromatic rings. The van der Waals surface area contributed by atoms with Gasteiger partial charge in [-0.05, 0) is 31.6 Å². The van der Waals surface area contributed by atoms with Crippen molar-refractivity contribution in [3.05, 3.63) is 0 Å². The Labute approximate surface area is 72.1 Å². The lowest BCUT2D eigenvalue weighted by Crippen LogP contribution is -2.42. The molecule has 2 bridgehead atoms. The molecular weight excluding hydrogens is 154 g/mol. The van der Waals surface area contributed by atoms with Crippen LogP contribution >= 0.6 is 0 Å². The van der Waals surface area contributed by atoms with Crippen molar-refractivity contribution in [2.75, 3.05) is 0 Å². The van der Waals surface area contributed by atoms with Crippen molar-refractivity contribution in [1.29, 1.82) is 0 Å². The molecule has 0 spiro atoms. The summed E-state index contributed by atoms with van der Waals surface area (Å²) >= 11 is 0. The predicted molar refractivity (Wildman–Crippen MR) is 45.4 cm³/mol. The Morgan fingerprint density at radius 2 is 2.33 bits per heavy atom. The highest BCUT2D eigenvalue weighted by Crippen LogP contribution is 2.41. The number of hydrogen-bond donors (Lipinski definition) is 2. The molecular formula is C9H15NO2. The van der Waals surface area contributed by atoms with Crippen LogP contribution in [-0.4, -0.2) is 21.6 Å². The Balaban J connectivity index is 2.15. The molecule has 2 fully saturated rings. The normalized spacial score (nSPS) is 44.8. The van der Waals surface area contributed by atoms with Crippen LogP contribution in [0, 0.1) is 5.92 Å². The van der Waals surface area contributed by atoms with Crippen LogP contribution in [0.5, 0.6) is 0 Å². The average Bonchev–Trinajstić information content (AvgIpc) is 2.02. The van der Waals surface area contributed by atoms with Crippen LogP contribution < -0.4 is 0 Å². The van der Waals surface area contributed by atoms with E-state index in [4.69, 9.17) is 5.21 Å². The predicted octanol–water partition coefficient (Wildman–Crippen LogP) is 1.53. The first-order valence-corrected chi connectivity index (χ1v) is 4.64. The van der Waals surface area contributed by atoms with Crippen LogP contribution in [0.2, 0.25) is 0 Å². The van der Waals surface area contributed by atoms with Gasteiger partial charge in [0, 0.05) is 6.42 Å². The lowest BCUT2D eigenvalue weighted by atomic mass is 9.68. The summed E-state index contributed by atoms with van der Waals surface area (Å²) in [6, 6.07) is 0. The van der Waals surface area contributed by atoms with E-state index < -0.39 is 5.60 Å². The lowest BCUT2D eigenvalue weighted by molar-refractivity contribution is -0.0189. The van der Waals surface area contributed by atoms with Crippen LogP contribution in [0.1, 0.15) is 38.5 Å². The van der Waals surface area contributed by atoms with Gasteiger partial charge >= 0.3 is 0 Å². The molecule has 0 saturated heterocycles. The second-order valence-electron chi connectivity index (χ2n) is 4.23. The van der Waals surface area contributed by atoms with Crippen molar-refractivity contribution in [2.45, 2.75) is 44.1 Å². The summed E-state index contributed by atoms with van der Waals surface area (Å²) in [4.78, 5) is 0. The van der Waals surface area contributed by atoms with Crippen molar-refractivity contribution in [2.24, 2.45) is 11.1 Å². The molecule has 3 nitrogen and oxygen atoms in total. The van der Waals surface area contributed by atoms with Gasteiger partial charge in [-0.25, -0.2) is 0 Å². The minimum atomic E-state index is -0.539. The zero-order valence-corrected chi connectivity index (χ0v) is 7.16. The number of oxime groups is 1. The summed E-state index contributed by atoms with van der Waals surface area (Å²) < 4.78 is 0. The van der Waals surface area contributed by atoms with Gasteiger partial charge in [-0.3, -0.25) is 0 Å². The maximum Gasteiger partial charge on any atom is 0.0703 e. The molecule has 2 unspecified atom stereocenters. The van der Waals surface area contributed by atoms with E-state index in [0.717, 1.165) is 31.4 Å². The summed E-state index contributed by atoms with van der Waals surface area (Å²) in [5.41, 5.74) is 0.247.